The second-order valence-electron chi connectivity index (χ2n) is 8.05. The number of hydrazine groups is 1. The molecule has 1 aliphatic rings. The summed E-state index contributed by atoms with van der Waals surface area (Å²) in [5, 5.41) is 29.6. The van der Waals surface area contributed by atoms with Crippen LogP contribution in [0.4, 0.5) is 17.5 Å². The van der Waals surface area contributed by atoms with Gasteiger partial charge in [0.05, 0.1) is 11.3 Å². The van der Waals surface area contributed by atoms with E-state index >= 15 is 0 Å². The van der Waals surface area contributed by atoms with Crippen LogP contribution in [0.5, 0.6) is 0 Å². The van der Waals surface area contributed by atoms with Gasteiger partial charge in [0.1, 0.15) is 5.82 Å². The van der Waals surface area contributed by atoms with Crippen LogP contribution in [0.1, 0.15) is 11.5 Å². The Bertz CT molecular complexity index is 1300. The maximum atomic E-state index is 13.6. The van der Waals surface area contributed by atoms with Crippen molar-refractivity contribution in [3.63, 3.8) is 0 Å². The monoisotopic (exact) mass is 457 g/mol. The summed E-state index contributed by atoms with van der Waals surface area (Å²) < 4.78 is 3.12. The van der Waals surface area contributed by atoms with Crippen molar-refractivity contribution in [1.29, 1.82) is 0 Å². The highest BCUT2D eigenvalue weighted by Gasteiger charge is 2.42. The molecule has 0 amide bonds. The Morgan fingerprint density at radius 3 is 2.15 bits per heavy atom. The molecule has 0 aliphatic heterocycles. The van der Waals surface area contributed by atoms with Gasteiger partial charge in [-0.05, 0) is 36.2 Å². The van der Waals surface area contributed by atoms with E-state index in [9.17, 15) is 15.0 Å². The van der Waals surface area contributed by atoms with E-state index in [1.165, 1.54) is 4.68 Å². The molecule has 1 saturated carbocycles. The molecule has 10 nitrogen and oxygen atoms in total. The van der Waals surface area contributed by atoms with Gasteiger partial charge in [-0.15, -0.1) is 12.2 Å². The molecule has 0 spiro atoms. The normalized spacial score (nSPS) is 21.6. The zero-order chi connectivity index (χ0) is 23.7. The van der Waals surface area contributed by atoms with Gasteiger partial charge >= 0.3 is 0 Å². The molecule has 0 bridgehead atoms. The minimum absolute atomic E-state index is 0.184. The number of benzene rings is 2. The molecule has 34 heavy (non-hydrogen) atoms. The topological polar surface area (TPSA) is 135 Å². The highest BCUT2D eigenvalue weighted by Crippen LogP contribution is 2.38. The third-order valence-electron chi connectivity index (χ3n) is 6.00. The lowest BCUT2D eigenvalue weighted by atomic mass is 9.70. The fourth-order valence-electron chi connectivity index (χ4n) is 4.27. The highest BCUT2D eigenvalue weighted by atomic mass is 16.3. The number of nitrogens with one attached hydrogen (secondary N) is 3. The molecule has 3 N–H and O–H groups in total. The maximum Gasteiger partial charge on any atom is 0.277 e. The lowest BCUT2D eigenvalue weighted by Crippen LogP contribution is -2.75. The standard InChI is InChI=1S/C24H23N7O3/c1-30-22(27-15-9-4-2-5-10-15)18(23(34)31(30)16-11-6-3-7-12-16)17-20(32)19(21(17)33)28-29-24-25-13-8-14-26-24/h2-14,17,19-21,27-28H,1H3,(H,25,26,29)/q-2. The van der Waals surface area contributed by atoms with Crippen LogP contribution in [-0.2, 0) is 7.05 Å². The van der Waals surface area contributed by atoms with E-state index in [1.54, 1.807) is 42.3 Å². The largest absolute Gasteiger partial charge is 0.850 e. The average molecular weight is 457 g/mol. The van der Waals surface area contributed by atoms with Crippen LogP contribution in [0.25, 0.3) is 5.69 Å². The summed E-state index contributed by atoms with van der Waals surface area (Å²) in [6.07, 6.45) is 0.409. The zero-order valence-corrected chi connectivity index (χ0v) is 18.3. The molecular formula is C24H23N7O3-2. The smallest absolute Gasteiger partial charge is 0.277 e. The predicted octanol–water partition coefficient (Wildman–Crippen LogP) is 0.250. The minimum atomic E-state index is -1.34. The first-order chi connectivity index (χ1) is 16.6. The van der Waals surface area contributed by atoms with Gasteiger partial charge in [0.2, 0.25) is 5.95 Å². The Labute approximate surface area is 195 Å². The van der Waals surface area contributed by atoms with Crippen LogP contribution in [-0.4, -0.2) is 37.6 Å². The quantitative estimate of drug-likeness (QED) is 0.336. The van der Waals surface area contributed by atoms with Crippen molar-refractivity contribution in [3.8, 4) is 5.69 Å². The molecule has 1 fully saturated rings. The Morgan fingerprint density at radius 1 is 0.882 bits per heavy atom. The number of hydrogen-bond acceptors (Lipinski definition) is 8. The van der Waals surface area contributed by atoms with Crippen molar-refractivity contribution in [1.82, 2.24) is 24.8 Å². The number of rotatable bonds is 7. The third-order valence-corrected chi connectivity index (χ3v) is 6.00. The van der Waals surface area contributed by atoms with Crippen LogP contribution in [0.2, 0.25) is 0 Å². The van der Waals surface area contributed by atoms with Crippen LogP contribution < -0.4 is 31.9 Å². The van der Waals surface area contributed by atoms with Crippen molar-refractivity contribution >= 4 is 17.5 Å². The maximum absolute atomic E-state index is 13.6. The van der Waals surface area contributed by atoms with Crippen LogP contribution in [0.3, 0.4) is 0 Å². The summed E-state index contributed by atoms with van der Waals surface area (Å²) in [6, 6.07) is 19.1. The summed E-state index contributed by atoms with van der Waals surface area (Å²) in [5.74, 6) is -0.349. The number of aromatic nitrogens is 4. The molecule has 0 saturated heterocycles. The number of hydrogen-bond donors (Lipinski definition) is 3. The van der Waals surface area contributed by atoms with E-state index in [-0.39, 0.29) is 11.5 Å². The number of para-hydroxylation sites is 2. The fraction of sp³-hybridized carbons (Fsp3) is 0.208. The van der Waals surface area contributed by atoms with Gasteiger partial charge < -0.3 is 15.5 Å². The summed E-state index contributed by atoms with van der Waals surface area (Å²) in [6.45, 7) is 0. The minimum Gasteiger partial charge on any atom is -0.850 e. The molecule has 2 atom stereocenters. The molecule has 0 radical (unpaired) electrons. The van der Waals surface area contributed by atoms with Crippen LogP contribution >= 0.6 is 0 Å². The van der Waals surface area contributed by atoms with Crippen molar-refractivity contribution in [2.45, 2.75) is 24.2 Å². The van der Waals surface area contributed by atoms with Crippen LogP contribution in [0.15, 0.2) is 83.9 Å². The second kappa shape index (κ2) is 9.10. The first-order valence-corrected chi connectivity index (χ1v) is 10.9. The molecule has 1 aliphatic carbocycles. The summed E-state index contributed by atoms with van der Waals surface area (Å²) >= 11 is 0. The highest BCUT2D eigenvalue weighted by molar-refractivity contribution is 5.62. The molecule has 2 heterocycles. The lowest BCUT2D eigenvalue weighted by molar-refractivity contribution is -0.535. The first kappa shape index (κ1) is 21.8. The Balaban J connectivity index is 1.49. The predicted molar refractivity (Wildman–Crippen MR) is 124 cm³/mol. The van der Waals surface area contributed by atoms with Gasteiger partial charge in [-0.3, -0.25) is 14.9 Å². The fourth-order valence-corrected chi connectivity index (χ4v) is 4.27. The molecule has 4 aromatic rings. The summed E-state index contributed by atoms with van der Waals surface area (Å²) in [7, 11) is 1.73. The zero-order valence-electron chi connectivity index (χ0n) is 18.3. The molecule has 2 unspecified atom stereocenters. The Kier molecular flexibility index (Phi) is 5.84. The van der Waals surface area contributed by atoms with E-state index in [2.05, 4.69) is 26.1 Å². The van der Waals surface area contributed by atoms with E-state index in [1.807, 2.05) is 48.5 Å². The van der Waals surface area contributed by atoms with Crippen molar-refractivity contribution in [3.05, 3.63) is 95.0 Å². The van der Waals surface area contributed by atoms with Gasteiger partial charge in [0, 0.05) is 31.2 Å². The second-order valence-corrected chi connectivity index (χ2v) is 8.05. The Morgan fingerprint density at radius 2 is 1.50 bits per heavy atom. The SMILES string of the molecule is Cn1c(Nc2ccccc2)c(C2C([O-])C(NNc3ncccn3)C2[O-])c(=O)n1-c1ccccc1. The van der Waals surface area contributed by atoms with Crippen molar-refractivity contribution in [2.24, 2.45) is 7.05 Å². The molecule has 2 aromatic carbocycles. The first-order valence-electron chi connectivity index (χ1n) is 10.9. The summed E-state index contributed by atoms with van der Waals surface area (Å²) in [4.78, 5) is 21.6. The van der Waals surface area contributed by atoms with Crippen molar-refractivity contribution in [2.75, 3.05) is 10.7 Å². The number of nitrogens with zero attached hydrogens (tertiary/aromatic N) is 4. The molecular weight excluding hydrogens is 434 g/mol. The van der Waals surface area contributed by atoms with Gasteiger partial charge in [-0.1, -0.05) is 36.4 Å². The van der Waals surface area contributed by atoms with Gasteiger partial charge in [-0.25, -0.2) is 20.1 Å². The van der Waals surface area contributed by atoms with E-state index in [0.717, 1.165) is 5.69 Å². The van der Waals surface area contributed by atoms with Crippen LogP contribution in [0, 0.1) is 0 Å². The number of anilines is 3. The van der Waals surface area contributed by atoms with Gasteiger partial charge in [-0.2, -0.15) is 0 Å². The third kappa shape index (κ3) is 3.83. The van der Waals surface area contributed by atoms with Gasteiger partial charge in [0.25, 0.3) is 5.56 Å². The Hall–Kier alpha value is -3.99. The molecule has 5 rings (SSSR count). The average Bonchev–Trinajstić information content (AvgIpc) is 3.10. The summed E-state index contributed by atoms with van der Waals surface area (Å²) in [5.41, 5.74) is 6.63. The van der Waals surface area contributed by atoms with E-state index in [0.29, 0.717) is 11.5 Å². The molecule has 10 heteroatoms. The molecule has 2 aromatic heterocycles. The lowest BCUT2D eigenvalue weighted by Gasteiger charge is -2.60. The van der Waals surface area contributed by atoms with E-state index in [4.69, 9.17) is 0 Å². The van der Waals surface area contributed by atoms with Crippen molar-refractivity contribution < 1.29 is 10.2 Å². The van der Waals surface area contributed by atoms with Gasteiger partial charge in [0.15, 0.2) is 0 Å². The molecule has 174 valence electrons. The van der Waals surface area contributed by atoms with E-state index < -0.39 is 29.7 Å².